The second-order valence-corrected chi connectivity index (χ2v) is 6.19. The number of nitrogens with one attached hydrogen (secondary N) is 2. The second kappa shape index (κ2) is 5.76. The number of nitrogens with zero attached hydrogens (tertiary/aromatic N) is 2. The van der Waals surface area contributed by atoms with E-state index in [1.165, 1.54) is 19.3 Å². The predicted octanol–water partition coefficient (Wildman–Crippen LogP) is 3.60. The van der Waals surface area contributed by atoms with Crippen molar-refractivity contribution < 1.29 is 0 Å². The van der Waals surface area contributed by atoms with E-state index in [2.05, 4.69) is 41.4 Å². The maximum atomic E-state index is 4.51. The average molecular weight is 262 g/mol. The summed E-state index contributed by atoms with van der Waals surface area (Å²) >= 11 is 0. The van der Waals surface area contributed by atoms with Crippen molar-refractivity contribution >= 4 is 11.6 Å². The Balaban J connectivity index is 2.09. The van der Waals surface area contributed by atoms with Gasteiger partial charge in [-0.2, -0.15) is 0 Å². The van der Waals surface area contributed by atoms with E-state index in [1.807, 2.05) is 13.0 Å². The molecule has 0 radical (unpaired) electrons. The molecule has 1 aliphatic rings. The summed E-state index contributed by atoms with van der Waals surface area (Å²) in [5.74, 6) is 2.69. The number of aromatic nitrogens is 2. The molecule has 0 aromatic carbocycles. The Morgan fingerprint density at radius 2 is 2.05 bits per heavy atom. The van der Waals surface area contributed by atoms with Crippen LogP contribution < -0.4 is 10.6 Å². The Bertz CT molecular complexity index is 428. The summed E-state index contributed by atoms with van der Waals surface area (Å²) in [6.07, 6.45) is 4.92. The van der Waals surface area contributed by atoms with Crippen LogP contribution in [0.15, 0.2) is 6.07 Å². The Hall–Kier alpha value is -1.32. The van der Waals surface area contributed by atoms with Crippen LogP contribution in [0.3, 0.4) is 0 Å². The summed E-state index contributed by atoms with van der Waals surface area (Å²) in [5.41, 5.74) is 0.357. The molecule has 1 fully saturated rings. The van der Waals surface area contributed by atoms with E-state index in [-0.39, 0.29) is 0 Å². The molecule has 0 amide bonds. The number of hydrogen-bond donors (Lipinski definition) is 2. The molecule has 106 valence electrons. The third kappa shape index (κ3) is 3.58. The van der Waals surface area contributed by atoms with E-state index < -0.39 is 0 Å². The first-order valence-corrected chi connectivity index (χ1v) is 7.37. The van der Waals surface area contributed by atoms with E-state index >= 15 is 0 Å². The molecule has 19 heavy (non-hydrogen) atoms. The van der Waals surface area contributed by atoms with Crippen molar-refractivity contribution in [1.82, 2.24) is 9.97 Å². The largest absolute Gasteiger partial charge is 0.370 e. The van der Waals surface area contributed by atoms with E-state index in [0.29, 0.717) is 11.5 Å². The maximum absolute atomic E-state index is 4.51. The van der Waals surface area contributed by atoms with E-state index in [1.54, 1.807) is 0 Å². The first-order chi connectivity index (χ1) is 9.01. The van der Waals surface area contributed by atoms with Gasteiger partial charge in [-0.15, -0.1) is 0 Å². The van der Waals surface area contributed by atoms with Gasteiger partial charge in [0, 0.05) is 18.7 Å². The zero-order valence-corrected chi connectivity index (χ0v) is 12.6. The van der Waals surface area contributed by atoms with Crippen molar-refractivity contribution in [3.63, 3.8) is 0 Å². The van der Waals surface area contributed by atoms with Gasteiger partial charge in [-0.05, 0) is 31.6 Å². The maximum Gasteiger partial charge on any atom is 0.132 e. The van der Waals surface area contributed by atoms with E-state index in [4.69, 9.17) is 0 Å². The van der Waals surface area contributed by atoms with Gasteiger partial charge in [-0.25, -0.2) is 9.97 Å². The number of anilines is 2. The number of rotatable bonds is 5. The normalized spacial score (nSPS) is 21.4. The van der Waals surface area contributed by atoms with E-state index in [9.17, 15) is 0 Å². The average Bonchev–Trinajstić information content (AvgIpc) is 2.65. The van der Waals surface area contributed by atoms with Crippen molar-refractivity contribution in [1.29, 1.82) is 0 Å². The van der Waals surface area contributed by atoms with Gasteiger partial charge in [0.05, 0.1) is 0 Å². The number of hydrogen-bond acceptors (Lipinski definition) is 4. The van der Waals surface area contributed by atoms with E-state index in [0.717, 1.165) is 30.4 Å². The van der Waals surface area contributed by atoms with Gasteiger partial charge in [0.2, 0.25) is 0 Å². The number of aryl methyl sites for hydroxylation is 1. The molecule has 0 bridgehead atoms. The van der Waals surface area contributed by atoms with Crippen molar-refractivity contribution in [2.75, 3.05) is 17.2 Å². The van der Waals surface area contributed by atoms with Crippen LogP contribution in [0.1, 0.15) is 52.3 Å². The highest BCUT2D eigenvalue weighted by Crippen LogP contribution is 2.38. The van der Waals surface area contributed by atoms with Crippen molar-refractivity contribution in [2.45, 2.75) is 59.4 Å². The van der Waals surface area contributed by atoms with Gasteiger partial charge in [0.25, 0.3) is 0 Å². The van der Waals surface area contributed by atoms with Gasteiger partial charge in [-0.3, -0.25) is 0 Å². The Kier molecular flexibility index (Phi) is 4.27. The highest BCUT2D eigenvalue weighted by molar-refractivity contribution is 5.48. The van der Waals surface area contributed by atoms with Gasteiger partial charge in [0.1, 0.15) is 17.5 Å². The van der Waals surface area contributed by atoms with Crippen LogP contribution in [0.4, 0.5) is 11.6 Å². The first-order valence-electron chi connectivity index (χ1n) is 7.37. The second-order valence-electron chi connectivity index (χ2n) is 6.19. The molecule has 2 N–H and O–H groups in total. The first kappa shape index (κ1) is 14.1. The minimum Gasteiger partial charge on any atom is -0.370 e. The Labute approximate surface area is 116 Å². The van der Waals surface area contributed by atoms with Crippen LogP contribution in [0.5, 0.6) is 0 Å². The molecule has 1 aromatic rings. The van der Waals surface area contributed by atoms with Gasteiger partial charge >= 0.3 is 0 Å². The summed E-state index contributed by atoms with van der Waals surface area (Å²) in [5, 5.41) is 6.93. The Morgan fingerprint density at radius 1 is 1.32 bits per heavy atom. The predicted molar refractivity (Wildman–Crippen MR) is 80.6 cm³/mol. The highest BCUT2D eigenvalue weighted by Gasteiger charge is 2.34. The molecule has 1 saturated carbocycles. The zero-order valence-electron chi connectivity index (χ0n) is 12.6. The third-order valence-corrected chi connectivity index (χ3v) is 3.97. The smallest absolute Gasteiger partial charge is 0.132 e. The summed E-state index contributed by atoms with van der Waals surface area (Å²) in [7, 11) is 0. The third-order valence-electron chi connectivity index (χ3n) is 3.97. The monoisotopic (exact) mass is 262 g/mol. The van der Waals surface area contributed by atoms with Crippen LogP contribution in [-0.4, -0.2) is 22.6 Å². The van der Waals surface area contributed by atoms with Crippen LogP contribution in [-0.2, 0) is 0 Å². The van der Waals surface area contributed by atoms with Gasteiger partial charge in [0.15, 0.2) is 0 Å². The summed E-state index contributed by atoms with van der Waals surface area (Å²) < 4.78 is 0. The quantitative estimate of drug-likeness (QED) is 0.851. The molecule has 1 aromatic heterocycles. The standard InChI is InChI=1S/C15H26N4/c1-5-9-16-13-10-14(18-11(2)17-13)19-12-7-6-8-15(12,3)4/h10,12H,5-9H2,1-4H3,(H2,16,17,18,19). The minimum absolute atomic E-state index is 0.357. The van der Waals surface area contributed by atoms with Crippen LogP contribution in [0.2, 0.25) is 0 Å². The lowest BCUT2D eigenvalue weighted by atomic mass is 9.87. The zero-order chi connectivity index (χ0) is 13.9. The summed E-state index contributed by atoms with van der Waals surface area (Å²) in [6.45, 7) is 9.72. The lowest BCUT2D eigenvalue weighted by molar-refractivity contribution is 0.349. The van der Waals surface area contributed by atoms with Crippen molar-refractivity contribution in [3.05, 3.63) is 11.9 Å². The fourth-order valence-corrected chi connectivity index (χ4v) is 2.76. The molecule has 1 unspecified atom stereocenters. The van der Waals surface area contributed by atoms with Crippen LogP contribution >= 0.6 is 0 Å². The molecular formula is C15H26N4. The Morgan fingerprint density at radius 3 is 2.68 bits per heavy atom. The van der Waals surface area contributed by atoms with Gasteiger partial charge < -0.3 is 10.6 Å². The molecule has 4 heteroatoms. The van der Waals surface area contributed by atoms with Gasteiger partial charge in [-0.1, -0.05) is 27.2 Å². The molecule has 1 atom stereocenters. The van der Waals surface area contributed by atoms with Crippen LogP contribution in [0.25, 0.3) is 0 Å². The fourth-order valence-electron chi connectivity index (χ4n) is 2.76. The molecular weight excluding hydrogens is 236 g/mol. The molecule has 2 rings (SSSR count). The molecule has 1 aliphatic carbocycles. The molecule has 0 spiro atoms. The SMILES string of the molecule is CCCNc1cc(NC2CCCC2(C)C)nc(C)n1. The minimum atomic E-state index is 0.357. The van der Waals surface area contributed by atoms with Crippen molar-refractivity contribution in [2.24, 2.45) is 5.41 Å². The lowest BCUT2D eigenvalue weighted by Gasteiger charge is -2.28. The van der Waals surface area contributed by atoms with Crippen LogP contribution in [0, 0.1) is 12.3 Å². The molecule has 4 nitrogen and oxygen atoms in total. The molecule has 1 heterocycles. The molecule has 0 aliphatic heterocycles. The highest BCUT2D eigenvalue weighted by atomic mass is 15.1. The lowest BCUT2D eigenvalue weighted by Crippen LogP contribution is -2.31. The fraction of sp³-hybridized carbons (Fsp3) is 0.733. The van der Waals surface area contributed by atoms with Crippen molar-refractivity contribution in [3.8, 4) is 0 Å². The topological polar surface area (TPSA) is 49.8 Å². The summed E-state index contributed by atoms with van der Waals surface area (Å²) in [4.78, 5) is 8.93. The summed E-state index contributed by atoms with van der Waals surface area (Å²) in [6, 6.07) is 2.54. The molecule has 0 saturated heterocycles.